The van der Waals surface area contributed by atoms with E-state index in [4.69, 9.17) is 17.3 Å². The zero-order valence-electron chi connectivity index (χ0n) is 19.5. The molecule has 0 aliphatic heterocycles. The van der Waals surface area contributed by atoms with Crippen molar-refractivity contribution in [3.63, 3.8) is 0 Å². The summed E-state index contributed by atoms with van der Waals surface area (Å²) < 4.78 is 39.3. The van der Waals surface area contributed by atoms with E-state index in [0.29, 0.717) is 28.7 Å². The van der Waals surface area contributed by atoms with Gasteiger partial charge in [-0.3, -0.25) is 5.10 Å². The van der Waals surface area contributed by atoms with Gasteiger partial charge in [-0.15, -0.1) is 0 Å². The molecule has 2 aromatic carbocycles. The second kappa shape index (κ2) is 10.2. The zero-order valence-corrected chi connectivity index (χ0v) is 20.2. The first kappa shape index (κ1) is 25.6. The molecule has 2 aromatic heterocycles. The van der Waals surface area contributed by atoms with E-state index >= 15 is 0 Å². The minimum Gasteiger partial charge on any atom is -0.394 e. The van der Waals surface area contributed by atoms with Crippen LogP contribution in [0.1, 0.15) is 16.8 Å². The minimum absolute atomic E-state index is 0.0675. The van der Waals surface area contributed by atoms with Gasteiger partial charge < -0.3 is 27.0 Å². The molecular weight excluding hydrogens is 511 g/mol. The Kier molecular flexibility index (Phi) is 7.07. The van der Waals surface area contributed by atoms with Crippen molar-refractivity contribution in [1.82, 2.24) is 20.2 Å². The van der Waals surface area contributed by atoms with E-state index < -0.39 is 22.8 Å². The zero-order chi connectivity index (χ0) is 26.7. The monoisotopic (exact) mass is 531 g/mol. The van der Waals surface area contributed by atoms with Crippen molar-refractivity contribution in [1.29, 1.82) is 0 Å². The number of hydrogen-bond acceptors (Lipinski definition) is 7. The first-order chi connectivity index (χ1) is 17.5. The lowest BCUT2D eigenvalue weighted by Crippen LogP contribution is -2.20. The van der Waals surface area contributed by atoms with Crippen LogP contribution in [0.5, 0.6) is 0 Å². The molecule has 0 radical (unpaired) electrons. The molecule has 0 aliphatic carbocycles. The largest absolute Gasteiger partial charge is 0.417 e. The smallest absolute Gasteiger partial charge is 0.394 e. The topological polar surface area (TPSA) is 146 Å². The van der Waals surface area contributed by atoms with E-state index in [0.717, 1.165) is 23.4 Å². The van der Waals surface area contributed by atoms with Crippen molar-refractivity contribution in [3.05, 3.63) is 70.5 Å². The van der Waals surface area contributed by atoms with Crippen molar-refractivity contribution in [2.24, 2.45) is 0 Å². The number of nitrogens with two attached hydrogens (primary N) is 1. The quantitative estimate of drug-likeness (QED) is 0.173. The molecule has 10 nitrogen and oxygen atoms in total. The SMILES string of the molecule is Cc1cc(Nc2nc(Nc3cc(NC(=O)Nc4ccc(Cl)c(C(F)(F)F)c4)ccc3C)ncc2N)n[nH]1. The van der Waals surface area contributed by atoms with Gasteiger partial charge in [-0.25, -0.2) is 9.78 Å². The third-order valence-corrected chi connectivity index (χ3v) is 5.37. The Morgan fingerprint density at radius 2 is 1.73 bits per heavy atom. The summed E-state index contributed by atoms with van der Waals surface area (Å²) >= 11 is 5.62. The molecule has 192 valence electrons. The van der Waals surface area contributed by atoms with E-state index in [1.165, 1.54) is 12.3 Å². The number of nitrogens with one attached hydrogen (secondary N) is 5. The lowest BCUT2D eigenvalue weighted by molar-refractivity contribution is -0.137. The molecule has 0 unspecified atom stereocenters. The van der Waals surface area contributed by atoms with E-state index in [-0.39, 0.29) is 11.6 Å². The lowest BCUT2D eigenvalue weighted by atomic mass is 10.2. The molecule has 0 atom stereocenters. The summed E-state index contributed by atoms with van der Waals surface area (Å²) in [5.74, 6) is 1.11. The van der Waals surface area contributed by atoms with Crippen LogP contribution in [0.25, 0.3) is 0 Å². The normalized spacial score (nSPS) is 11.2. The number of halogens is 4. The maximum absolute atomic E-state index is 13.1. The Bertz CT molecular complexity index is 1460. The number of rotatable bonds is 6. The van der Waals surface area contributed by atoms with E-state index in [2.05, 4.69) is 41.4 Å². The summed E-state index contributed by atoms with van der Waals surface area (Å²) in [6, 6.07) is 9.15. The van der Waals surface area contributed by atoms with Crippen molar-refractivity contribution < 1.29 is 18.0 Å². The van der Waals surface area contributed by atoms with Crippen LogP contribution in [-0.4, -0.2) is 26.2 Å². The number of aromatic amines is 1. The van der Waals surface area contributed by atoms with Crippen LogP contribution in [0.15, 0.2) is 48.7 Å². The molecule has 2 heterocycles. The van der Waals surface area contributed by atoms with Crippen LogP contribution in [0.2, 0.25) is 5.02 Å². The molecule has 4 rings (SSSR count). The van der Waals surface area contributed by atoms with Crippen molar-refractivity contribution in [2.45, 2.75) is 20.0 Å². The molecule has 2 amide bonds. The third-order valence-electron chi connectivity index (χ3n) is 5.04. The van der Waals surface area contributed by atoms with Gasteiger partial charge in [0.05, 0.1) is 22.5 Å². The van der Waals surface area contributed by atoms with Crippen LogP contribution >= 0.6 is 11.6 Å². The van der Waals surface area contributed by atoms with Crippen molar-refractivity contribution in [2.75, 3.05) is 27.0 Å². The van der Waals surface area contributed by atoms with Crippen LogP contribution < -0.4 is 27.0 Å². The van der Waals surface area contributed by atoms with Crippen LogP contribution in [0.3, 0.4) is 0 Å². The number of amides is 2. The maximum Gasteiger partial charge on any atom is 0.417 e. The molecule has 14 heteroatoms. The highest BCUT2D eigenvalue weighted by Gasteiger charge is 2.33. The lowest BCUT2D eigenvalue weighted by Gasteiger charge is -2.14. The minimum atomic E-state index is -4.65. The standard InChI is InChI=1S/C23H21ClF3N9O/c1-11-3-4-14(31-22(37)30-13-5-6-16(24)15(8-13)23(25,26)27)9-18(11)32-21-29-10-17(28)20(34-21)33-19-7-12(2)35-36-19/h3-10H,28H2,1-2H3,(H2,30,31,37)(H3,29,32,33,34,35,36). The summed E-state index contributed by atoms with van der Waals surface area (Å²) in [7, 11) is 0. The number of nitrogens with zero attached hydrogens (tertiary/aromatic N) is 3. The molecule has 4 aromatic rings. The second-order valence-corrected chi connectivity index (χ2v) is 8.39. The number of H-pyrrole nitrogens is 1. The number of carbonyl (C=O) groups excluding carboxylic acids is 1. The number of hydrogen-bond donors (Lipinski definition) is 6. The first-order valence-corrected chi connectivity index (χ1v) is 11.1. The Hall–Kier alpha value is -4.52. The fourth-order valence-electron chi connectivity index (χ4n) is 3.22. The number of alkyl halides is 3. The van der Waals surface area contributed by atoms with Gasteiger partial charge in [0.2, 0.25) is 5.95 Å². The summed E-state index contributed by atoms with van der Waals surface area (Å²) in [6.45, 7) is 3.69. The third kappa shape index (κ3) is 6.38. The summed E-state index contributed by atoms with van der Waals surface area (Å²) in [4.78, 5) is 21.0. The highest BCUT2D eigenvalue weighted by molar-refractivity contribution is 6.31. The molecule has 0 bridgehead atoms. The van der Waals surface area contributed by atoms with E-state index in [9.17, 15) is 18.0 Å². The maximum atomic E-state index is 13.1. The van der Waals surface area contributed by atoms with E-state index in [1.54, 1.807) is 24.3 Å². The predicted molar refractivity (Wildman–Crippen MR) is 137 cm³/mol. The van der Waals surface area contributed by atoms with Gasteiger partial charge in [-0.05, 0) is 49.7 Å². The Labute approximate surface area is 213 Å². The number of urea groups is 1. The summed E-state index contributed by atoms with van der Waals surface area (Å²) in [6.07, 6.45) is -3.22. The van der Waals surface area contributed by atoms with Gasteiger partial charge in [-0.1, -0.05) is 17.7 Å². The fraction of sp³-hybridized carbons (Fsp3) is 0.130. The molecular formula is C23H21ClF3N9O. The van der Waals surface area contributed by atoms with Crippen molar-refractivity contribution in [3.8, 4) is 0 Å². The molecule has 0 fully saturated rings. The average molecular weight is 532 g/mol. The van der Waals surface area contributed by atoms with Gasteiger partial charge in [-0.2, -0.15) is 23.3 Å². The number of aryl methyl sites for hydroxylation is 2. The Balaban J connectivity index is 1.47. The number of benzene rings is 2. The molecule has 0 saturated heterocycles. The molecule has 37 heavy (non-hydrogen) atoms. The molecule has 0 spiro atoms. The van der Waals surface area contributed by atoms with Crippen molar-refractivity contribution >= 4 is 58.0 Å². The molecule has 0 aliphatic rings. The average Bonchev–Trinajstić information content (AvgIpc) is 3.23. The number of aromatic nitrogens is 4. The van der Waals surface area contributed by atoms with E-state index in [1.807, 2.05) is 13.8 Å². The van der Waals surface area contributed by atoms with Gasteiger partial charge in [0.15, 0.2) is 11.6 Å². The number of nitrogen functional groups attached to an aromatic ring is 1. The number of anilines is 7. The van der Waals surface area contributed by atoms with Crippen LogP contribution in [-0.2, 0) is 6.18 Å². The fourth-order valence-corrected chi connectivity index (χ4v) is 3.45. The van der Waals surface area contributed by atoms with Gasteiger partial charge in [0.1, 0.15) is 0 Å². The molecule has 0 saturated carbocycles. The highest BCUT2D eigenvalue weighted by Crippen LogP contribution is 2.36. The Morgan fingerprint density at radius 1 is 1.03 bits per heavy atom. The highest BCUT2D eigenvalue weighted by atomic mass is 35.5. The van der Waals surface area contributed by atoms with Gasteiger partial charge in [0, 0.05) is 28.8 Å². The van der Waals surface area contributed by atoms with Gasteiger partial charge in [0.25, 0.3) is 0 Å². The Morgan fingerprint density at radius 3 is 2.41 bits per heavy atom. The first-order valence-electron chi connectivity index (χ1n) is 10.7. The second-order valence-electron chi connectivity index (χ2n) is 7.98. The summed E-state index contributed by atoms with van der Waals surface area (Å²) in [5.41, 5.74) is 7.79. The van der Waals surface area contributed by atoms with Gasteiger partial charge >= 0.3 is 12.2 Å². The predicted octanol–water partition coefficient (Wildman–Crippen LogP) is 6.20. The van der Waals surface area contributed by atoms with Crippen LogP contribution in [0.4, 0.5) is 58.3 Å². The van der Waals surface area contributed by atoms with Crippen LogP contribution in [0, 0.1) is 13.8 Å². The molecule has 7 N–H and O–H groups in total. The summed E-state index contributed by atoms with van der Waals surface area (Å²) in [5, 5.41) is 17.5. The number of carbonyl (C=O) groups is 1.